The molecule has 46 heavy (non-hydrogen) atoms. The van der Waals surface area contributed by atoms with Crippen molar-refractivity contribution in [3.05, 3.63) is 46.3 Å². The molecule has 0 spiro atoms. The maximum absolute atomic E-state index is 13.7. The zero-order valence-corrected chi connectivity index (χ0v) is 25.9. The summed E-state index contributed by atoms with van der Waals surface area (Å²) < 4.78 is 109. The first-order chi connectivity index (χ1) is 21.2. The van der Waals surface area contributed by atoms with E-state index >= 15 is 0 Å². The Labute approximate surface area is 264 Å². The molecule has 3 heterocycles. The Hall–Kier alpha value is -3.27. The van der Waals surface area contributed by atoms with E-state index in [1.807, 2.05) is 0 Å². The van der Waals surface area contributed by atoms with Gasteiger partial charge in [0.05, 0.1) is 17.0 Å². The second kappa shape index (κ2) is 12.7. The number of aliphatic hydroxyl groups is 1. The SMILES string of the molecule is CC(C)C1C(=O)NCCN1C[C@H]1CN(S(=O)(=O)c2cc([N+](=O)[O-])ccc2S)CCN1c1ncc(C(O)(C(F)(F)F)C(F)(F)F)cn1. The molecule has 2 fully saturated rings. The van der Waals surface area contributed by atoms with E-state index in [4.69, 9.17) is 0 Å². The molecule has 0 aliphatic carbocycles. The number of hydrogen-bond acceptors (Lipinski definition) is 11. The van der Waals surface area contributed by atoms with Crippen molar-refractivity contribution < 1.29 is 49.6 Å². The van der Waals surface area contributed by atoms with E-state index in [0.29, 0.717) is 6.54 Å². The van der Waals surface area contributed by atoms with E-state index < -0.39 is 61.1 Å². The molecule has 1 unspecified atom stereocenters. The number of nitro benzene ring substituents is 1. The Morgan fingerprint density at radius 1 is 1.11 bits per heavy atom. The molecule has 0 radical (unpaired) electrons. The van der Waals surface area contributed by atoms with Crippen LogP contribution in [-0.2, 0) is 20.4 Å². The van der Waals surface area contributed by atoms with Gasteiger partial charge in [-0.1, -0.05) is 13.8 Å². The molecule has 1 amide bonds. The minimum atomic E-state index is -6.16. The number of benzene rings is 1. The summed E-state index contributed by atoms with van der Waals surface area (Å²) in [6.07, 6.45) is -11.9. The van der Waals surface area contributed by atoms with Crippen molar-refractivity contribution in [2.75, 3.05) is 44.2 Å². The van der Waals surface area contributed by atoms with Crippen molar-refractivity contribution in [3.8, 4) is 0 Å². The minimum absolute atomic E-state index is 0.00882. The number of carbonyl (C=O) groups excluding carboxylic acids is 1. The summed E-state index contributed by atoms with van der Waals surface area (Å²) in [4.78, 5) is 33.3. The average molecular weight is 702 g/mol. The predicted molar refractivity (Wildman–Crippen MR) is 151 cm³/mol. The van der Waals surface area contributed by atoms with E-state index in [9.17, 15) is 54.8 Å². The van der Waals surface area contributed by atoms with Crippen molar-refractivity contribution in [2.45, 2.75) is 53.7 Å². The number of nitrogens with zero attached hydrogens (tertiary/aromatic N) is 6. The van der Waals surface area contributed by atoms with Gasteiger partial charge < -0.3 is 15.3 Å². The molecule has 254 valence electrons. The fourth-order valence-corrected chi connectivity index (χ4v) is 7.56. The molecule has 2 aromatic rings. The van der Waals surface area contributed by atoms with Gasteiger partial charge in [0.1, 0.15) is 4.90 Å². The molecule has 2 aliphatic heterocycles. The van der Waals surface area contributed by atoms with Crippen LogP contribution in [0.2, 0.25) is 0 Å². The number of rotatable bonds is 8. The third-order valence-corrected chi connectivity index (χ3v) is 10.2. The fraction of sp³-hybridized carbons (Fsp3) is 0.560. The lowest BCUT2D eigenvalue weighted by atomic mass is 9.95. The maximum Gasteiger partial charge on any atom is 0.430 e. The quantitative estimate of drug-likeness (QED) is 0.161. The highest BCUT2D eigenvalue weighted by atomic mass is 32.2. The van der Waals surface area contributed by atoms with Gasteiger partial charge in [-0.05, 0) is 12.0 Å². The zero-order chi connectivity index (χ0) is 34.4. The van der Waals surface area contributed by atoms with Crippen LogP contribution < -0.4 is 10.2 Å². The summed E-state index contributed by atoms with van der Waals surface area (Å²) in [6.45, 7) is 3.33. The fourth-order valence-electron chi connectivity index (χ4n) is 5.50. The third kappa shape index (κ3) is 6.60. The molecular formula is C25H29F6N7O6S2. The molecule has 2 saturated heterocycles. The van der Waals surface area contributed by atoms with Crippen molar-refractivity contribution in [3.63, 3.8) is 0 Å². The molecule has 0 bridgehead atoms. The van der Waals surface area contributed by atoms with Crippen molar-refractivity contribution >= 4 is 40.2 Å². The average Bonchev–Trinajstić information content (AvgIpc) is 2.95. The number of nitrogens with one attached hydrogen (secondary N) is 1. The molecule has 2 N–H and O–H groups in total. The lowest BCUT2D eigenvalue weighted by molar-refractivity contribution is -0.385. The van der Waals surface area contributed by atoms with Crippen LogP contribution in [0.5, 0.6) is 0 Å². The smallest absolute Gasteiger partial charge is 0.369 e. The highest BCUT2D eigenvalue weighted by Crippen LogP contribution is 2.49. The lowest BCUT2D eigenvalue weighted by Crippen LogP contribution is -2.64. The maximum atomic E-state index is 13.7. The Balaban J connectivity index is 1.73. The van der Waals surface area contributed by atoms with Crippen molar-refractivity contribution in [1.82, 2.24) is 24.5 Å². The van der Waals surface area contributed by atoms with Crippen molar-refractivity contribution in [2.24, 2.45) is 5.92 Å². The van der Waals surface area contributed by atoms with Gasteiger partial charge in [-0.25, -0.2) is 18.4 Å². The number of piperazine rings is 2. The molecule has 2 atom stereocenters. The Kier molecular flexibility index (Phi) is 9.85. The minimum Gasteiger partial charge on any atom is -0.369 e. The number of anilines is 1. The molecule has 13 nitrogen and oxygen atoms in total. The molecule has 1 aromatic carbocycles. The van der Waals surface area contributed by atoms with Crippen LogP contribution >= 0.6 is 12.6 Å². The topological polar surface area (TPSA) is 162 Å². The van der Waals surface area contributed by atoms with Crippen LogP contribution in [0.3, 0.4) is 0 Å². The normalized spacial score (nSPS) is 21.0. The van der Waals surface area contributed by atoms with Gasteiger partial charge in [0, 0.05) is 74.3 Å². The first-order valence-corrected chi connectivity index (χ1v) is 15.5. The highest BCUT2D eigenvalue weighted by Gasteiger charge is 2.71. The predicted octanol–water partition coefficient (Wildman–Crippen LogP) is 2.32. The lowest BCUT2D eigenvalue weighted by Gasteiger charge is -2.45. The van der Waals surface area contributed by atoms with Crippen LogP contribution in [-0.4, -0.2) is 107 Å². The first kappa shape index (κ1) is 35.6. The number of thiol groups is 1. The summed E-state index contributed by atoms with van der Waals surface area (Å²) >= 11 is 4.16. The van der Waals surface area contributed by atoms with Crippen molar-refractivity contribution in [1.29, 1.82) is 0 Å². The number of hydrogen-bond donors (Lipinski definition) is 3. The zero-order valence-electron chi connectivity index (χ0n) is 24.2. The number of aromatic nitrogens is 2. The van der Waals surface area contributed by atoms with Gasteiger partial charge in [0.2, 0.25) is 21.9 Å². The van der Waals surface area contributed by atoms with E-state index in [1.54, 1.807) is 18.7 Å². The number of halogens is 6. The second-order valence-electron chi connectivity index (χ2n) is 11.1. The van der Waals surface area contributed by atoms with Gasteiger partial charge in [-0.2, -0.15) is 30.6 Å². The third-order valence-electron chi connectivity index (χ3n) is 7.79. The molecule has 2 aliphatic rings. The largest absolute Gasteiger partial charge is 0.430 e. The van der Waals surface area contributed by atoms with Crippen LogP contribution in [0.4, 0.5) is 38.0 Å². The van der Waals surface area contributed by atoms with Gasteiger partial charge in [-0.3, -0.25) is 19.8 Å². The van der Waals surface area contributed by atoms with E-state index in [0.717, 1.165) is 22.5 Å². The standard InChI is InChI=1S/C25H29F6N7O6S2/c1-14(2)20-21(39)32-5-6-35(20)12-17-13-36(46(43,44)19-9-16(38(41)42)3-4-18(19)45)7-8-37(17)22-33-10-15(11-34-22)23(40,24(26,27)28)25(29,30)31/h3-4,9-11,14,17,20,40,45H,5-8,12-13H2,1-2H3,(H,32,39)/t17-,20?/m0/s1. The molecule has 21 heteroatoms. The van der Waals surface area contributed by atoms with Crippen LogP contribution in [0.1, 0.15) is 19.4 Å². The highest BCUT2D eigenvalue weighted by molar-refractivity contribution is 7.90. The van der Waals surface area contributed by atoms with Gasteiger partial charge in [0.25, 0.3) is 11.3 Å². The summed E-state index contributed by atoms with van der Waals surface area (Å²) in [5.41, 5.74) is -7.43. The summed E-state index contributed by atoms with van der Waals surface area (Å²) in [7, 11) is -4.42. The molecule has 4 rings (SSSR count). The second-order valence-corrected chi connectivity index (χ2v) is 13.5. The van der Waals surface area contributed by atoms with E-state index in [1.165, 1.54) is 4.90 Å². The summed E-state index contributed by atoms with van der Waals surface area (Å²) in [6, 6.07) is 1.52. The number of nitro groups is 1. The van der Waals surface area contributed by atoms with E-state index in [-0.39, 0.29) is 67.8 Å². The van der Waals surface area contributed by atoms with Gasteiger partial charge in [0.15, 0.2) is 0 Å². The van der Waals surface area contributed by atoms with Gasteiger partial charge >= 0.3 is 12.4 Å². The summed E-state index contributed by atoms with van der Waals surface area (Å²) in [5.74, 6) is -0.847. The number of sulfonamides is 1. The Bertz CT molecular complexity index is 1560. The first-order valence-electron chi connectivity index (χ1n) is 13.6. The molecule has 0 saturated carbocycles. The Morgan fingerprint density at radius 2 is 1.72 bits per heavy atom. The molecule has 1 aromatic heterocycles. The summed E-state index contributed by atoms with van der Waals surface area (Å²) in [5, 5.41) is 23.8. The van der Waals surface area contributed by atoms with Crippen LogP contribution in [0.25, 0.3) is 0 Å². The van der Waals surface area contributed by atoms with Crippen LogP contribution in [0.15, 0.2) is 40.4 Å². The molecular weight excluding hydrogens is 672 g/mol. The Morgan fingerprint density at radius 3 is 2.26 bits per heavy atom. The monoisotopic (exact) mass is 701 g/mol. The van der Waals surface area contributed by atoms with E-state index in [2.05, 4.69) is 27.9 Å². The van der Waals surface area contributed by atoms with Crippen LogP contribution in [0, 0.1) is 16.0 Å². The number of carbonyl (C=O) groups is 1. The number of non-ortho nitro benzene ring substituents is 1. The number of amides is 1. The number of alkyl halides is 6. The van der Waals surface area contributed by atoms with Gasteiger partial charge in [-0.15, -0.1) is 12.6 Å².